The van der Waals surface area contributed by atoms with Crippen molar-refractivity contribution in [3.05, 3.63) is 0 Å². The summed E-state index contributed by atoms with van der Waals surface area (Å²) in [6, 6.07) is 0.801. The Kier molecular flexibility index (Phi) is 5.14. The zero-order chi connectivity index (χ0) is 9.68. The van der Waals surface area contributed by atoms with Crippen molar-refractivity contribution in [3.63, 3.8) is 0 Å². The number of likely N-dealkylation sites (N-methyl/N-ethyl adjacent to an activating group) is 1. The quantitative estimate of drug-likeness (QED) is 0.672. The molecule has 1 atom stereocenters. The van der Waals surface area contributed by atoms with E-state index in [1.54, 1.807) is 0 Å². The Morgan fingerprint density at radius 2 is 2.23 bits per heavy atom. The minimum atomic E-state index is 0.801. The van der Waals surface area contributed by atoms with Crippen LogP contribution in [0.5, 0.6) is 0 Å². The van der Waals surface area contributed by atoms with Crippen LogP contribution in [-0.2, 0) is 0 Å². The molecule has 0 radical (unpaired) electrons. The van der Waals surface area contributed by atoms with Crippen molar-refractivity contribution >= 4 is 12.6 Å². The van der Waals surface area contributed by atoms with Crippen LogP contribution in [0.3, 0.4) is 0 Å². The van der Waals surface area contributed by atoms with Gasteiger partial charge in [0.1, 0.15) is 0 Å². The highest BCUT2D eigenvalue weighted by atomic mass is 32.1. The minimum absolute atomic E-state index is 0.801. The number of hydrogen-bond acceptors (Lipinski definition) is 3. The summed E-state index contributed by atoms with van der Waals surface area (Å²) in [6.45, 7) is 3.75. The van der Waals surface area contributed by atoms with E-state index in [4.69, 9.17) is 0 Å². The Morgan fingerprint density at radius 1 is 1.46 bits per heavy atom. The van der Waals surface area contributed by atoms with Gasteiger partial charge in [0.05, 0.1) is 0 Å². The number of rotatable bonds is 5. The molecular weight excluding hydrogens is 180 g/mol. The summed E-state index contributed by atoms with van der Waals surface area (Å²) in [7, 11) is 4.32. The summed E-state index contributed by atoms with van der Waals surface area (Å²) in [4.78, 5) is 4.92. The monoisotopic (exact) mass is 202 g/mol. The van der Waals surface area contributed by atoms with Gasteiger partial charge in [0.15, 0.2) is 0 Å². The normalized spacial score (nSPS) is 24.5. The molecular formula is C10H22N2S. The Balaban J connectivity index is 2.26. The number of hydrogen-bond donors (Lipinski definition) is 1. The second-order valence-electron chi connectivity index (χ2n) is 4.17. The van der Waals surface area contributed by atoms with Gasteiger partial charge in [-0.3, -0.25) is 4.90 Å². The fraction of sp³-hybridized carbons (Fsp3) is 1.00. The van der Waals surface area contributed by atoms with E-state index in [-0.39, 0.29) is 0 Å². The molecule has 0 aromatic carbocycles. The van der Waals surface area contributed by atoms with Gasteiger partial charge in [-0.25, -0.2) is 0 Å². The standard InChI is InChI=1S/C10H22N2S/c1-11(2)9-10-5-3-6-12(10)7-4-8-13/h10,13H,3-9H2,1-2H3. The van der Waals surface area contributed by atoms with Crippen LogP contribution in [-0.4, -0.2) is 55.3 Å². The summed E-state index contributed by atoms with van der Waals surface area (Å²) < 4.78 is 0. The lowest BCUT2D eigenvalue weighted by atomic mass is 10.2. The third-order valence-electron chi connectivity index (χ3n) is 2.68. The first kappa shape index (κ1) is 11.3. The van der Waals surface area contributed by atoms with Crippen LogP contribution < -0.4 is 0 Å². The first-order valence-corrected chi connectivity index (χ1v) is 5.87. The van der Waals surface area contributed by atoms with Crippen LogP contribution in [0, 0.1) is 0 Å². The maximum Gasteiger partial charge on any atom is 0.0223 e. The van der Waals surface area contributed by atoms with Crippen molar-refractivity contribution < 1.29 is 0 Å². The van der Waals surface area contributed by atoms with E-state index in [2.05, 4.69) is 36.5 Å². The van der Waals surface area contributed by atoms with E-state index in [9.17, 15) is 0 Å². The predicted octanol–water partition coefficient (Wildman–Crippen LogP) is 1.33. The molecule has 1 aliphatic heterocycles. The summed E-state index contributed by atoms with van der Waals surface area (Å²) in [6.07, 6.45) is 3.99. The van der Waals surface area contributed by atoms with Gasteiger partial charge in [0, 0.05) is 12.6 Å². The van der Waals surface area contributed by atoms with Crippen molar-refractivity contribution in [1.82, 2.24) is 9.80 Å². The van der Waals surface area contributed by atoms with Crippen LogP contribution in [0.2, 0.25) is 0 Å². The smallest absolute Gasteiger partial charge is 0.0223 e. The summed E-state index contributed by atoms with van der Waals surface area (Å²) in [5.41, 5.74) is 0. The predicted molar refractivity (Wildman–Crippen MR) is 61.6 cm³/mol. The first-order valence-electron chi connectivity index (χ1n) is 5.23. The van der Waals surface area contributed by atoms with Crippen molar-refractivity contribution in [2.45, 2.75) is 25.3 Å². The molecule has 0 bridgehead atoms. The molecule has 0 aliphatic carbocycles. The zero-order valence-electron chi connectivity index (χ0n) is 8.87. The maximum absolute atomic E-state index is 4.26. The molecule has 0 saturated carbocycles. The Hall–Kier alpha value is 0.270. The molecule has 3 heteroatoms. The van der Waals surface area contributed by atoms with Gasteiger partial charge < -0.3 is 4.90 Å². The molecule has 1 fully saturated rings. The Bertz CT molecular complexity index is 139. The van der Waals surface area contributed by atoms with Crippen molar-refractivity contribution in [2.24, 2.45) is 0 Å². The second kappa shape index (κ2) is 5.89. The van der Waals surface area contributed by atoms with Gasteiger partial charge in [-0.2, -0.15) is 12.6 Å². The van der Waals surface area contributed by atoms with Gasteiger partial charge in [-0.05, 0) is 52.2 Å². The van der Waals surface area contributed by atoms with E-state index in [1.165, 1.54) is 38.9 Å². The molecule has 0 amide bonds. The molecule has 1 unspecified atom stereocenters. The molecule has 1 rings (SSSR count). The zero-order valence-corrected chi connectivity index (χ0v) is 9.76. The molecule has 0 aromatic heterocycles. The fourth-order valence-corrected chi connectivity index (χ4v) is 2.23. The van der Waals surface area contributed by atoms with Crippen LogP contribution in [0.1, 0.15) is 19.3 Å². The fourth-order valence-electron chi connectivity index (χ4n) is 2.09. The topological polar surface area (TPSA) is 6.48 Å². The largest absolute Gasteiger partial charge is 0.308 e. The third kappa shape index (κ3) is 3.88. The molecule has 0 aromatic rings. The molecule has 13 heavy (non-hydrogen) atoms. The lowest BCUT2D eigenvalue weighted by molar-refractivity contribution is 0.209. The van der Waals surface area contributed by atoms with Crippen LogP contribution in [0.25, 0.3) is 0 Å². The van der Waals surface area contributed by atoms with Crippen LogP contribution in [0.15, 0.2) is 0 Å². The van der Waals surface area contributed by atoms with Gasteiger partial charge in [-0.1, -0.05) is 0 Å². The van der Waals surface area contributed by atoms with E-state index in [1.807, 2.05) is 0 Å². The van der Waals surface area contributed by atoms with Gasteiger partial charge >= 0.3 is 0 Å². The summed E-state index contributed by atoms with van der Waals surface area (Å²) in [5.74, 6) is 1.02. The Labute approximate surface area is 87.7 Å². The average molecular weight is 202 g/mol. The van der Waals surface area contributed by atoms with Gasteiger partial charge in [0.2, 0.25) is 0 Å². The average Bonchev–Trinajstić information content (AvgIpc) is 2.48. The molecule has 0 spiro atoms. The second-order valence-corrected chi connectivity index (χ2v) is 4.62. The van der Waals surface area contributed by atoms with Crippen molar-refractivity contribution in [1.29, 1.82) is 0 Å². The van der Waals surface area contributed by atoms with Gasteiger partial charge in [-0.15, -0.1) is 0 Å². The molecule has 1 saturated heterocycles. The molecule has 78 valence electrons. The minimum Gasteiger partial charge on any atom is -0.308 e. The Morgan fingerprint density at radius 3 is 2.85 bits per heavy atom. The summed E-state index contributed by atoms with van der Waals surface area (Å²) in [5, 5.41) is 0. The van der Waals surface area contributed by atoms with E-state index >= 15 is 0 Å². The lowest BCUT2D eigenvalue weighted by Crippen LogP contribution is -2.38. The molecule has 1 aliphatic rings. The van der Waals surface area contributed by atoms with Crippen LogP contribution >= 0.6 is 12.6 Å². The third-order valence-corrected chi connectivity index (χ3v) is 2.99. The maximum atomic E-state index is 4.26. The lowest BCUT2D eigenvalue weighted by Gasteiger charge is -2.26. The number of likely N-dealkylation sites (tertiary alicyclic amines) is 1. The molecule has 2 nitrogen and oxygen atoms in total. The summed E-state index contributed by atoms with van der Waals surface area (Å²) >= 11 is 4.26. The van der Waals surface area contributed by atoms with Crippen LogP contribution in [0.4, 0.5) is 0 Å². The highest BCUT2D eigenvalue weighted by molar-refractivity contribution is 7.80. The number of nitrogens with zero attached hydrogens (tertiary/aromatic N) is 2. The van der Waals surface area contributed by atoms with Crippen molar-refractivity contribution in [3.8, 4) is 0 Å². The highest BCUT2D eigenvalue weighted by Gasteiger charge is 2.23. The highest BCUT2D eigenvalue weighted by Crippen LogP contribution is 2.17. The van der Waals surface area contributed by atoms with E-state index < -0.39 is 0 Å². The molecule has 1 heterocycles. The number of thiol groups is 1. The van der Waals surface area contributed by atoms with Gasteiger partial charge in [0.25, 0.3) is 0 Å². The SMILES string of the molecule is CN(C)CC1CCCN1CCCS. The first-order chi connectivity index (χ1) is 6.24. The van der Waals surface area contributed by atoms with E-state index in [0.717, 1.165) is 11.8 Å². The van der Waals surface area contributed by atoms with Crippen molar-refractivity contribution in [2.75, 3.05) is 39.5 Å². The van der Waals surface area contributed by atoms with E-state index in [0.29, 0.717) is 0 Å². The molecule has 0 N–H and O–H groups in total.